The molecule has 1 fully saturated rings. The largest absolute Gasteiger partial charge is 0.376 e. The highest BCUT2D eigenvalue weighted by atomic mass is 32.1. The van der Waals surface area contributed by atoms with Gasteiger partial charge in [-0.1, -0.05) is 6.07 Å². The number of carbonyl (C=O) groups excluding carboxylic acids is 1. The summed E-state index contributed by atoms with van der Waals surface area (Å²) in [4.78, 5) is 38.7. The molecule has 1 atom stereocenters. The van der Waals surface area contributed by atoms with Gasteiger partial charge in [0.2, 0.25) is 5.91 Å². The van der Waals surface area contributed by atoms with Crippen LogP contribution in [0.2, 0.25) is 0 Å². The lowest BCUT2D eigenvalue weighted by Gasteiger charge is -2.14. The van der Waals surface area contributed by atoms with Crippen molar-refractivity contribution in [2.45, 2.75) is 39.3 Å². The average Bonchev–Trinajstić information content (AvgIpc) is 3.38. The summed E-state index contributed by atoms with van der Waals surface area (Å²) >= 11 is 1.27. The van der Waals surface area contributed by atoms with E-state index in [0.29, 0.717) is 22.4 Å². The van der Waals surface area contributed by atoms with Crippen LogP contribution in [0.25, 0.3) is 15.9 Å². The Balaban J connectivity index is 1.72. The highest BCUT2D eigenvalue weighted by Crippen LogP contribution is 2.18. The first-order chi connectivity index (χ1) is 14.0. The molecule has 3 heterocycles. The number of carbonyl (C=O) groups is 1. The zero-order chi connectivity index (χ0) is 20.5. The van der Waals surface area contributed by atoms with Gasteiger partial charge >= 0.3 is 5.69 Å². The maximum absolute atomic E-state index is 13.2. The molecule has 0 saturated carbocycles. The number of nitrogens with zero attached hydrogens (tertiary/aromatic N) is 2. The zero-order valence-corrected chi connectivity index (χ0v) is 17.3. The van der Waals surface area contributed by atoms with Crippen molar-refractivity contribution in [1.82, 2.24) is 14.5 Å². The average molecular weight is 413 g/mol. The Morgan fingerprint density at radius 3 is 2.79 bits per heavy atom. The van der Waals surface area contributed by atoms with Gasteiger partial charge in [0.1, 0.15) is 11.2 Å². The summed E-state index contributed by atoms with van der Waals surface area (Å²) in [5.41, 5.74) is 2.17. The number of fused-ring (bicyclic) bond motifs is 1. The van der Waals surface area contributed by atoms with Crippen LogP contribution >= 0.6 is 11.3 Å². The third-order valence-corrected chi connectivity index (χ3v) is 6.25. The van der Waals surface area contributed by atoms with Gasteiger partial charge in [0.25, 0.3) is 5.56 Å². The van der Waals surface area contributed by atoms with Crippen LogP contribution in [0.3, 0.4) is 0 Å². The number of rotatable bonds is 5. The smallest absolute Gasteiger partial charge is 0.336 e. The number of hydrogen-bond donors (Lipinski definition) is 1. The van der Waals surface area contributed by atoms with E-state index in [2.05, 4.69) is 5.32 Å². The number of thiophene rings is 1. The van der Waals surface area contributed by atoms with Crippen LogP contribution < -0.4 is 16.6 Å². The molecule has 0 aliphatic carbocycles. The summed E-state index contributed by atoms with van der Waals surface area (Å²) in [6.07, 6.45) is 1.95. The molecule has 1 aromatic carbocycles. The van der Waals surface area contributed by atoms with Gasteiger partial charge in [-0.3, -0.25) is 14.2 Å². The molecule has 29 heavy (non-hydrogen) atoms. The normalized spacial score (nSPS) is 16.4. The van der Waals surface area contributed by atoms with Gasteiger partial charge in [0.05, 0.1) is 17.3 Å². The molecule has 1 aliphatic heterocycles. The summed E-state index contributed by atoms with van der Waals surface area (Å²) in [6.45, 7) is 4.91. The molecule has 1 N–H and O–H groups in total. The van der Waals surface area contributed by atoms with Gasteiger partial charge in [0, 0.05) is 13.2 Å². The van der Waals surface area contributed by atoms with Gasteiger partial charge in [-0.15, -0.1) is 11.3 Å². The first-order valence-corrected chi connectivity index (χ1v) is 10.5. The van der Waals surface area contributed by atoms with Crippen LogP contribution in [0.5, 0.6) is 0 Å². The van der Waals surface area contributed by atoms with Crippen LogP contribution in [-0.2, 0) is 16.1 Å². The van der Waals surface area contributed by atoms with Gasteiger partial charge in [-0.05, 0) is 61.4 Å². The van der Waals surface area contributed by atoms with Gasteiger partial charge in [0.15, 0.2) is 0 Å². The molecular weight excluding hydrogens is 390 g/mol. The molecule has 0 radical (unpaired) electrons. The second-order valence-corrected chi connectivity index (χ2v) is 8.27. The second kappa shape index (κ2) is 7.96. The first kappa shape index (κ1) is 19.6. The highest BCUT2D eigenvalue weighted by Gasteiger charge is 2.19. The van der Waals surface area contributed by atoms with E-state index in [1.165, 1.54) is 15.9 Å². The Kier molecular flexibility index (Phi) is 5.38. The number of amides is 1. The van der Waals surface area contributed by atoms with Crippen LogP contribution in [0.15, 0.2) is 39.2 Å². The SMILES string of the molecule is Cc1ccc(-n2c(=O)c3sccc3n(CC(=O)NC[C@H]3CCCO3)c2=O)cc1C. The number of hydrogen-bond acceptors (Lipinski definition) is 5. The van der Waals surface area contributed by atoms with Gasteiger partial charge in [-0.2, -0.15) is 0 Å². The standard InChI is InChI=1S/C21H23N3O4S/c1-13-5-6-15(10-14(13)2)24-20(26)19-17(7-9-29-19)23(21(24)27)12-18(25)22-11-16-4-3-8-28-16/h5-7,9-10,16H,3-4,8,11-12H2,1-2H3,(H,22,25)/t16-/m1/s1. The quantitative estimate of drug-likeness (QED) is 0.695. The fourth-order valence-corrected chi connectivity index (χ4v) is 4.39. The molecule has 7 nitrogen and oxygen atoms in total. The Labute approximate surface area is 171 Å². The molecule has 3 aromatic rings. The van der Waals surface area contributed by atoms with E-state index >= 15 is 0 Å². The van der Waals surface area contributed by atoms with Crippen molar-refractivity contribution in [3.63, 3.8) is 0 Å². The molecule has 152 valence electrons. The summed E-state index contributed by atoms with van der Waals surface area (Å²) in [5.74, 6) is -0.277. The minimum Gasteiger partial charge on any atom is -0.376 e. The summed E-state index contributed by atoms with van der Waals surface area (Å²) in [6, 6.07) is 7.17. The lowest BCUT2D eigenvalue weighted by Crippen LogP contribution is -2.42. The Bertz CT molecular complexity index is 1180. The van der Waals surface area contributed by atoms with Crippen molar-refractivity contribution in [3.8, 4) is 5.69 Å². The van der Waals surface area contributed by atoms with E-state index in [4.69, 9.17) is 4.74 Å². The predicted molar refractivity (Wildman–Crippen MR) is 113 cm³/mol. The predicted octanol–water partition coefficient (Wildman–Crippen LogP) is 2.13. The minimum absolute atomic E-state index is 0.0290. The summed E-state index contributed by atoms with van der Waals surface area (Å²) in [7, 11) is 0. The van der Waals surface area contributed by atoms with Crippen LogP contribution in [-0.4, -0.2) is 34.3 Å². The van der Waals surface area contributed by atoms with E-state index in [9.17, 15) is 14.4 Å². The summed E-state index contributed by atoms with van der Waals surface area (Å²) in [5, 5.41) is 4.60. The molecule has 2 aromatic heterocycles. The van der Waals surface area contributed by atoms with E-state index in [1.54, 1.807) is 17.5 Å². The fraction of sp³-hybridized carbons (Fsp3) is 0.381. The molecule has 1 aliphatic rings. The summed E-state index contributed by atoms with van der Waals surface area (Å²) < 4.78 is 8.49. The molecule has 1 amide bonds. The number of aromatic nitrogens is 2. The maximum Gasteiger partial charge on any atom is 0.336 e. The Morgan fingerprint density at radius 2 is 2.07 bits per heavy atom. The van der Waals surface area contributed by atoms with Crippen LogP contribution in [0.1, 0.15) is 24.0 Å². The van der Waals surface area contributed by atoms with Crippen molar-refractivity contribution in [2.24, 2.45) is 0 Å². The third kappa shape index (κ3) is 3.77. The van der Waals surface area contributed by atoms with Crippen LogP contribution in [0, 0.1) is 13.8 Å². The number of nitrogens with one attached hydrogen (secondary N) is 1. The van der Waals surface area contributed by atoms with E-state index in [1.807, 2.05) is 26.0 Å². The number of ether oxygens (including phenoxy) is 1. The molecule has 8 heteroatoms. The molecule has 0 bridgehead atoms. The Hall–Kier alpha value is -2.71. The first-order valence-electron chi connectivity index (χ1n) is 9.64. The monoisotopic (exact) mass is 413 g/mol. The van der Waals surface area contributed by atoms with E-state index in [0.717, 1.165) is 35.1 Å². The van der Waals surface area contributed by atoms with E-state index in [-0.39, 0.29) is 24.1 Å². The number of benzene rings is 1. The third-order valence-electron chi connectivity index (χ3n) is 5.36. The van der Waals surface area contributed by atoms with E-state index < -0.39 is 5.69 Å². The van der Waals surface area contributed by atoms with Crippen molar-refractivity contribution in [3.05, 3.63) is 61.6 Å². The second-order valence-electron chi connectivity index (χ2n) is 7.35. The molecule has 0 spiro atoms. The highest BCUT2D eigenvalue weighted by molar-refractivity contribution is 7.17. The lowest BCUT2D eigenvalue weighted by molar-refractivity contribution is -0.122. The molecule has 1 saturated heterocycles. The molecule has 4 rings (SSSR count). The van der Waals surface area contributed by atoms with Crippen LogP contribution in [0.4, 0.5) is 0 Å². The van der Waals surface area contributed by atoms with Crippen molar-refractivity contribution in [1.29, 1.82) is 0 Å². The van der Waals surface area contributed by atoms with Crippen molar-refractivity contribution < 1.29 is 9.53 Å². The number of aryl methyl sites for hydroxylation is 2. The lowest BCUT2D eigenvalue weighted by atomic mass is 10.1. The Morgan fingerprint density at radius 1 is 1.24 bits per heavy atom. The van der Waals surface area contributed by atoms with Crippen molar-refractivity contribution in [2.75, 3.05) is 13.2 Å². The van der Waals surface area contributed by atoms with Crippen molar-refractivity contribution >= 4 is 27.5 Å². The maximum atomic E-state index is 13.2. The molecular formula is C21H23N3O4S. The fourth-order valence-electron chi connectivity index (χ4n) is 3.56. The topological polar surface area (TPSA) is 82.3 Å². The van der Waals surface area contributed by atoms with Gasteiger partial charge in [-0.25, -0.2) is 9.36 Å². The van der Waals surface area contributed by atoms with Gasteiger partial charge < -0.3 is 10.1 Å². The minimum atomic E-state index is -0.517. The molecule has 0 unspecified atom stereocenters. The zero-order valence-electron chi connectivity index (χ0n) is 16.4.